The van der Waals surface area contributed by atoms with E-state index in [1.165, 1.54) is 28.0 Å². The molecule has 2 aromatic carbocycles. The summed E-state index contributed by atoms with van der Waals surface area (Å²) in [5.74, 6) is -0.198. The van der Waals surface area contributed by atoms with E-state index < -0.39 is 5.25 Å². The molecular formula is C23H22N4O4S2. The summed E-state index contributed by atoms with van der Waals surface area (Å²) in [5.41, 5.74) is 1.39. The maximum absolute atomic E-state index is 13.3. The lowest BCUT2D eigenvalue weighted by molar-refractivity contribution is -0.134. The molecule has 3 aromatic rings. The maximum Gasteiger partial charge on any atom is 0.250 e. The number of rotatable bonds is 5. The van der Waals surface area contributed by atoms with Crippen LogP contribution in [0.1, 0.15) is 12.8 Å². The molecule has 0 radical (unpaired) electrons. The smallest absolute Gasteiger partial charge is 0.250 e. The Balaban J connectivity index is 1.36. The summed E-state index contributed by atoms with van der Waals surface area (Å²) in [7, 11) is 1.60. The molecule has 1 atom stereocenters. The van der Waals surface area contributed by atoms with Crippen LogP contribution >= 0.6 is 23.1 Å². The number of aromatic nitrogens is 1. The van der Waals surface area contributed by atoms with Gasteiger partial charge in [0.05, 0.1) is 23.0 Å². The number of nitrogens with one attached hydrogen (secondary N) is 1. The summed E-state index contributed by atoms with van der Waals surface area (Å²) < 4.78 is 6.12. The number of thiazole rings is 1. The van der Waals surface area contributed by atoms with Crippen LogP contribution in [0.15, 0.2) is 47.4 Å². The van der Waals surface area contributed by atoms with Gasteiger partial charge in [0.15, 0.2) is 10.4 Å². The van der Waals surface area contributed by atoms with Gasteiger partial charge in [-0.3, -0.25) is 14.4 Å². The first kappa shape index (κ1) is 21.7. The molecular weight excluding hydrogens is 460 g/mol. The van der Waals surface area contributed by atoms with E-state index in [0.29, 0.717) is 29.7 Å². The second-order valence-corrected chi connectivity index (χ2v) is 10.0. The number of amides is 3. The van der Waals surface area contributed by atoms with E-state index in [-0.39, 0.29) is 24.3 Å². The third-order valence-electron chi connectivity index (χ3n) is 5.68. The van der Waals surface area contributed by atoms with E-state index in [4.69, 9.17) is 4.74 Å². The number of anilines is 2. The molecule has 3 heterocycles. The van der Waals surface area contributed by atoms with Gasteiger partial charge in [0.25, 0.3) is 5.91 Å². The number of nitrogens with zero attached hydrogens (tertiary/aromatic N) is 3. The zero-order chi connectivity index (χ0) is 22.9. The van der Waals surface area contributed by atoms with Crippen LogP contribution < -0.4 is 15.0 Å². The third-order valence-corrected chi connectivity index (χ3v) is 7.85. The van der Waals surface area contributed by atoms with E-state index in [2.05, 4.69) is 10.3 Å². The van der Waals surface area contributed by atoms with Crippen molar-refractivity contribution in [2.45, 2.75) is 23.0 Å². The van der Waals surface area contributed by atoms with Crippen molar-refractivity contribution in [2.75, 3.05) is 37.0 Å². The fraction of sp³-hybridized carbons (Fsp3) is 0.304. The van der Waals surface area contributed by atoms with E-state index >= 15 is 0 Å². The SMILES string of the molecule is COc1ccc2nc(NC(=O)CN3C(=O)[C@@H](C(=O)N4CCCC4)Sc4ccccc43)sc2c1. The number of likely N-dealkylation sites (tertiary alicyclic amines) is 1. The molecule has 1 fully saturated rings. The number of para-hydroxylation sites is 1. The highest BCUT2D eigenvalue weighted by Gasteiger charge is 2.41. The molecule has 5 rings (SSSR count). The van der Waals surface area contributed by atoms with E-state index in [1.54, 1.807) is 18.1 Å². The molecule has 0 saturated carbocycles. The first-order valence-corrected chi connectivity index (χ1v) is 12.3. The fourth-order valence-corrected chi connectivity index (χ4v) is 6.13. The number of thioether (sulfide) groups is 1. The van der Waals surface area contributed by atoms with Gasteiger partial charge >= 0.3 is 0 Å². The van der Waals surface area contributed by atoms with Crippen LogP contribution in [0.2, 0.25) is 0 Å². The zero-order valence-corrected chi connectivity index (χ0v) is 19.6. The Morgan fingerprint density at radius 1 is 1.18 bits per heavy atom. The number of hydrogen-bond donors (Lipinski definition) is 1. The third kappa shape index (κ3) is 4.28. The number of methoxy groups -OCH3 is 1. The average molecular weight is 483 g/mol. The summed E-state index contributed by atoms with van der Waals surface area (Å²) in [4.78, 5) is 47.7. The Morgan fingerprint density at radius 2 is 1.97 bits per heavy atom. The monoisotopic (exact) mass is 482 g/mol. The van der Waals surface area contributed by atoms with Crippen LogP contribution in [0.25, 0.3) is 10.2 Å². The Bertz CT molecular complexity index is 1240. The van der Waals surface area contributed by atoms with Gasteiger partial charge in [-0.15, -0.1) is 11.8 Å². The van der Waals surface area contributed by atoms with Gasteiger partial charge < -0.3 is 19.9 Å². The molecule has 0 spiro atoms. The predicted molar refractivity (Wildman–Crippen MR) is 129 cm³/mol. The molecule has 1 saturated heterocycles. The van der Waals surface area contributed by atoms with E-state index in [0.717, 1.165) is 28.0 Å². The fourth-order valence-electron chi connectivity index (χ4n) is 4.03. The first-order chi connectivity index (χ1) is 16.0. The minimum atomic E-state index is -0.874. The molecule has 0 unspecified atom stereocenters. The molecule has 33 heavy (non-hydrogen) atoms. The molecule has 170 valence electrons. The summed E-state index contributed by atoms with van der Waals surface area (Å²) in [6.07, 6.45) is 1.90. The zero-order valence-electron chi connectivity index (χ0n) is 17.9. The van der Waals surface area contributed by atoms with Crippen molar-refractivity contribution in [3.63, 3.8) is 0 Å². The minimum absolute atomic E-state index is 0.178. The molecule has 2 aliphatic heterocycles. The van der Waals surface area contributed by atoms with Gasteiger partial charge in [-0.1, -0.05) is 23.5 Å². The Morgan fingerprint density at radius 3 is 2.76 bits per heavy atom. The van der Waals surface area contributed by atoms with Gasteiger partial charge in [-0.05, 0) is 43.2 Å². The molecule has 0 aliphatic carbocycles. The maximum atomic E-state index is 13.3. The molecule has 1 N–H and O–H groups in total. The summed E-state index contributed by atoms with van der Waals surface area (Å²) in [6, 6.07) is 12.9. The van der Waals surface area contributed by atoms with Crippen LogP contribution in [0.3, 0.4) is 0 Å². The van der Waals surface area contributed by atoms with Crippen molar-refractivity contribution < 1.29 is 19.1 Å². The lowest BCUT2D eigenvalue weighted by Crippen LogP contribution is -2.51. The van der Waals surface area contributed by atoms with Crippen molar-refractivity contribution >= 4 is 61.9 Å². The molecule has 1 aromatic heterocycles. The minimum Gasteiger partial charge on any atom is -0.497 e. The molecule has 2 aliphatic rings. The normalized spacial score (nSPS) is 17.8. The van der Waals surface area contributed by atoms with Crippen molar-refractivity contribution in [3.05, 3.63) is 42.5 Å². The van der Waals surface area contributed by atoms with Crippen molar-refractivity contribution in [2.24, 2.45) is 0 Å². The largest absolute Gasteiger partial charge is 0.497 e. The van der Waals surface area contributed by atoms with Crippen molar-refractivity contribution in [1.82, 2.24) is 9.88 Å². The number of carbonyl (C=O) groups is 3. The van der Waals surface area contributed by atoms with Crippen LogP contribution in [0.4, 0.5) is 10.8 Å². The summed E-state index contributed by atoms with van der Waals surface area (Å²) >= 11 is 2.60. The number of carbonyl (C=O) groups excluding carboxylic acids is 3. The van der Waals surface area contributed by atoms with Gasteiger partial charge in [-0.2, -0.15) is 0 Å². The van der Waals surface area contributed by atoms with Crippen LogP contribution in [-0.2, 0) is 14.4 Å². The number of benzene rings is 2. The highest BCUT2D eigenvalue weighted by molar-refractivity contribution is 8.01. The van der Waals surface area contributed by atoms with E-state index in [1.807, 2.05) is 36.4 Å². The quantitative estimate of drug-likeness (QED) is 0.561. The lowest BCUT2D eigenvalue weighted by Gasteiger charge is -2.34. The Hall–Kier alpha value is -3.11. The van der Waals surface area contributed by atoms with Gasteiger partial charge in [-0.25, -0.2) is 4.98 Å². The van der Waals surface area contributed by atoms with Crippen molar-refractivity contribution in [3.8, 4) is 5.75 Å². The van der Waals surface area contributed by atoms with Gasteiger partial charge in [0, 0.05) is 18.0 Å². The Kier molecular flexibility index (Phi) is 5.94. The molecule has 10 heteroatoms. The highest BCUT2D eigenvalue weighted by Crippen LogP contribution is 2.40. The average Bonchev–Trinajstić information content (AvgIpc) is 3.49. The summed E-state index contributed by atoms with van der Waals surface area (Å²) in [6.45, 7) is 1.15. The van der Waals surface area contributed by atoms with Gasteiger partial charge in [0.1, 0.15) is 12.3 Å². The molecule has 0 bridgehead atoms. The van der Waals surface area contributed by atoms with Crippen LogP contribution in [0.5, 0.6) is 5.75 Å². The lowest BCUT2D eigenvalue weighted by atomic mass is 10.2. The molecule has 3 amide bonds. The van der Waals surface area contributed by atoms with Crippen molar-refractivity contribution in [1.29, 1.82) is 0 Å². The highest BCUT2D eigenvalue weighted by atomic mass is 32.2. The Labute approximate surface area is 198 Å². The second-order valence-electron chi connectivity index (χ2n) is 7.82. The summed E-state index contributed by atoms with van der Waals surface area (Å²) in [5, 5.41) is 2.37. The van der Waals surface area contributed by atoms with Gasteiger partial charge in [0.2, 0.25) is 11.8 Å². The number of hydrogen-bond acceptors (Lipinski definition) is 7. The molecule has 8 nitrogen and oxygen atoms in total. The number of ether oxygens (including phenoxy) is 1. The topological polar surface area (TPSA) is 91.8 Å². The number of fused-ring (bicyclic) bond motifs is 2. The first-order valence-electron chi connectivity index (χ1n) is 10.6. The van der Waals surface area contributed by atoms with Crippen LogP contribution in [0, 0.1) is 0 Å². The van der Waals surface area contributed by atoms with Crippen LogP contribution in [-0.4, -0.2) is 59.6 Å². The standard InChI is InChI=1S/C23H22N4O4S2/c1-31-14-8-9-15-18(12-14)33-23(24-15)25-19(28)13-27-16-6-2-3-7-17(16)32-20(22(27)30)21(29)26-10-4-5-11-26/h2-3,6-9,12,20H,4-5,10-11,13H2,1H3,(H,24,25,28)/t20-/m1/s1. The predicted octanol–water partition coefficient (Wildman–Crippen LogP) is 3.37. The van der Waals surface area contributed by atoms with E-state index in [9.17, 15) is 14.4 Å². The second kappa shape index (κ2) is 9.03.